The first-order valence-electron chi connectivity index (χ1n) is 7.24. The lowest BCUT2D eigenvalue weighted by molar-refractivity contribution is 0.445. The molecule has 0 radical (unpaired) electrons. The van der Waals surface area contributed by atoms with Gasteiger partial charge in [-0.1, -0.05) is 39.8 Å². The predicted octanol–water partition coefficient (Wildman–Crippen LogP) is 4.65. The summed E-state index contributed by atoms with van der Waals surface area (Å²) in [4.78, 5) is 0. The van der Waals surface area contributed by atoms with Gasteiger partial charge in [-0.2, -0.15) is 0 Å². The van der Waals surface area contributed by atoms with Crippen LogP contribution in [-0.4, -0.2) is 13.1 Å². The largest absolute Gasteiger partial charge is 0.317 e. The molecule has 2 rings (SSSR count). The quantitative estimate of drug-likeness (QED) is 0.768. The van der Waals surface area contributed by atoms with E-state index in [2.05, 4.69) is 5.32 Å². The molecular formula is C16H28FN. The highest BCUT2D eigenvalue weighted by molar-refractivity contribution is 5.26. The van der Waals surface area contributed by atoms with Gasteiger partial charge in [0, 0.05) is 0 Å². The van der Waals surface area contributed by atoms with Gasteiger partial charge in [-0.15, -0.1) is 0 Å². The Labute approximate surface area is 112 Å². The van der Waals surface area contributed by atoms with Crippen LogP contribution in [0.25, 0.3) is 0 Å². The molecule has 0 saturated carbocycles. The first kappa shape index (κ1) is 17.1. The second-order valence-corrected chi connectivity index (χ2v) is 4.05. The van der Waals surface area contributed by atoms with E-state index in [-0.39, 0.29) is 5.82 Å². The summed E-state index contributed by atoms with van der Waals surface area (Å²) in [5, 5.41) is 3.29. The van der Waals surface area contributed by atoms with E-state index < -0.39 is 0 Å². The van der Waals surface area contributed by atoms with Gasteiger partial charge in [0.05, 0.1) is 0 Å². The maximum Gasteiger partial charge on any atom is 0.126 e. The molecule has 1 aliphatic rings. The molecule has 2 heteroatoms. The van der Waals surface area contributed by atoms with Crippen LogP contribution in [0.3, 0.4) is 0 Å². The predicted molar refractivity (Wildman–Crippen MR) is 78.7 cm³/mol. The van der Waals surface area contributed by atoms with Crippen LogP contribution < -0.4 is 5.32 Å². The third kappa shape index (κ3) is 5.18. The number of hydrogen-bond acceptors (Lipinski definition) is 1. The summed E-state index contributed by atoms with van der Waals surface area (Å²) >= 11 is 0. The Hall–Kier alpha value is -0.890. The van der Waals surface area contributed by atoms with Crippen molar-refractivity contribution in [3.63, 3.8) is 0 Å². The molecule has 0 aromatic heterocycles. The first-order chi connectivity index (χ1) is 8.77. The molecule has 104 valence electrons. The average molecular weight is 253 g/mol. The zero-order chi connectivity index (χ0) is 14.0. The van der Waals surface area contributed by atoms with Gasteiger partial charge in [-0.05, 0) is 56.0 Å². The van der Waals surface area contributed by atoms with Crippen molar-refractivity contribution in [2.24, 2.45) is 0 Å². The van der Waals surface area contributed by atoms with Crippen LogP contribution in [0.5, 0.6) is 0 Å². The van der Waals surface area contributed by atoms with Gasteiger partial charge < -0.3 is 5.32 Å². The Bertz CT molecular complexity index is 317. The lowest BCUT2D eigenvalue weighted by Gasteiger charge is -2.23. The lowest BCUT2D eigenvalue weighted by Crippen LogP contribution is -2.27. The molecule has 1 aromatic carbocycles. The number of rotatable bonds is 1. The van der Waals surface area contributed by atoms with Crippen molar-refractivity contribution in [1.29, 1.82) is 0 Å². The topological polar surface area (TPSA) is 12.0 Å². The Kier molecular flexibility index (Phi) is 9.57. The van der Waals surface area contributed by atoms with E-state index in [9.17, 15) is 4.39 Å². The van der Waals surface area contributed by atoms with Crippen molar-refractivity contribution in [3.05, 3.63) is 35.1 Å². The Morgan fingerprint density at radius 2 is 1.61 bits per heavy atom. The number of piperidine rings is 1. The molecule has 1 saturated heterocycles. The minimum absolute atomic E-state index is 0.0306. The lowest BCUT2D eigenvalue weighted by atomic mass is 9.89. The smallest absolute Gasteiger partial charge is 0.126 e. The highest BCUT2D eigenvalue weighted by Gasteiger charge is 2.17. The van der Waals surface area contributed by atoms with Gasteiger partial charge in [0.1, 0.15) is 5.82 Å². The molecule has 1 aliphatic heterocycles. The monoisotopic (exact) mass is 253 g/mol. The molecule has 18 heavy (non-hydrogen) atoms. The summed E-state index contributed by atoms with van der Waals surface area (Å²) in [5.74, 6) is 0.383. The van der Waals surface area contributed by atoms with E-state index in [1.807, 2.05) is 46.8 Å². The maximum atomic E-state index is 13.6. The van der Waals surface area contributed by atoms with E-state index in [1.165, 1.54) is 0 Å². The molecule has 0 bridgehead atoms. The summed E-state index contributed by atoms with van der Waals surface area (Å²) in [6.45, 7) is 11.9. The van der Waals surface area contributed by atoms with Gasteiger partial charge in [0.15, 0.2) is 0 Å². The maximum absolute atomic E-state index is 13.6. The minimum atomic E-state index is -0.0306. The zero-order valence-corrected chi connectivity index (χ0v) is 12.5. The minimum Gasteiger partial charge on any atom is -0.317 e. The zero-order valence-electron chi connectivity index (χ0n) is 12.5. The molecule has 1 nitrogen and oxygen atoms in total. The summed E-state index contributed by atoms with van der Waals surface area (Å²) in [6.07, 6.45) is 2.11. The van der Waals surface area contributed by atoms with Crippen molar-refractivity contribution >= 4 is 0 Å². The third-order valence-electron chi connectivity index (χ3n) is 2.93. The van der Waals surface area contributed by atoms with E-state index in [1.54, 1.807) is 6.07 Å². The van der Waals surface area contributed by atoms with Crippen molar-refractivity contribution in [3.8, 4) is 0 Å². The summed E-state index contributed by atoms with van der Waals surface area (Å²) in [6, 6.07) is 5.58. The number of halogens is 1. The second kappa shape index (κ2) is 10.1. The molecule has 0 spiro atoms. The fourth-order valence-corrected chi connectivity index (χ4v) is 2.10. The Morgan fingerprint density at radius 1 is 1.06 bits per heavy atom. The van der Waals surface area contributed by atoms with Crippen LogP contribution in [0, 0.1) is 12.7 Å². The molecule has 1 N–H and O–H groups in total. The van der Waals surface area contributed by atoms with Gasteiger partial charge in [-0.25, -0.2) is 4.39 Å². The number of benzene rings is 1. The van der Waals surface area contributed by atoms with Gasteiger partial charge in [0.2, 0.25) is 0 Å². The van der Waals surface area contributed by atoms with Crippen molar-refractivity contribution in [2.45, 2.75) is 53.4 Å². The van der Waals surface area contributed by atoms with Crippen LogP contribution in [0.4, 0.5) is 4.39 Å². The third-order valence-corrected chi connectivity index (χ3v) is 2.93. The van der Waals surface area contributed by atoms with Crippen LogP contribution in [0.1, 0.15) is 57.6 Å². The van der Waals surface area contributed by atoms with E-state index >= 15 is 0 Å². The molecular weight excluding hydrogens is 225 g/mol. The van der Waals surface area contributed by atoms with E-state index in [0.29, 0.717) is 5.92 Å². The van der Waals surface area contributed by atoms with E-state index in [4.69, 9.17) is 0 Å². The van der Waals surface area contributed by atoms with Crippen LogP contribution in [0.2, 0.25) is 0 Å². The van der Waals surface area contributed by atoms with Crippen LogP contribution >= 0.6 is 0 Å². The molecule has 1 aromatic rings. The standard InChI is InChI=1S/C12H16FN.2C2H6/c1-9-2-3-11(12(13)8-9)10-4-6-14-7-5-10;2*1-2/h2-3,8,10,14H,4-7H2,1H3;2*1-2H3. The Balaban J connectivity index is 0.000000659. The Morgan fingerprint density at radius 3 is 2.11 bits per heavy atom. The highest BCUT2D eigenvalue weighted by Crippen LogP contribution is 2.27. The molecule has 0 aliphatic carbocycles. The number of nitrogens with one attached hydrogen (secondary N) is 1. The molecule has 0 atom stereocenters. The summed E-state index contributed by atoms with van der Waals surface area (Å²) in [5.41, 5.74) is 1.90. The van der Waals surface area contributed by atoms with Crippen molar-refractivity contribution in [1.82, 2.24) is 5.32 Å². The normalized spacial score (nSPS) is 15.0. The molecule has 0 amide bonds. The molecule has 0 unspecified atom stereocenters. The average Bonchev–Trinajstić information content (AvgIpc) is 2.44. The van der Waals surface area contributed by atoms with Gasteiger partial charge in [-0.3, -0.25) is 0 Å². The van der Waals surface area contributed by atoms with Gasteiger partial charge >= 0.3 is 0 Å². The molecule has 1 fully saturated rings. The summed E-state index contributed by atoms with van der Waals surface area (Å²) in [7, 11) is 0. The highest BCUT2D eigenvalue weighted by atomic mass is 19.1. The number of hydrogen-bond donors (Lipinski definition) is 1. The van der Waals surface area contributed by atoms with Crippen molar-refractivity contribution in [2.75, 3.05) is 13.1 Å². The fraction of sp³-hybridized carbons (Fsp3) is 0.625. The first-order valence-corrected chi connectivity index (χ1v) is 7.24. The number of aryl methyl sites for hydroxylation is 1. The van der Waals surface area contributed by atoms with Gasteiger partial charge in [0.25, 0.3) is 0 Å². The second-order valence-electron chi connectivity index (χ2n) is 4.05. The summed E-state index contributed by atoms with van der Waals surface area (Å²) < 4.78 is 13.6. The van der Waals surface area contributed by atoms with Crippen LogP contribution in [-0.2, 0) is 0 Å². The SMILES string of the molecule is CC.CC.Cc1ccc(C2CCNCC2)c(F)c1. The van der Waals surface area contributed by atoms with Crippen LogP contribution in [0.15, 0.2) is 18.2 Å². The fourth-order valence-electron chi connectivity index (χ4n) is 2.10. The molecule has 1 heterocycles. The van der Waals surface area contributed by atoms with Crippen molar-refractivity contribution < 1.29 is 4.39 Å². The van der Waals surface area contributed by atoms with E-state index in [0.717, 1.165) is 37.1 Å².